The van der Waals surface area contributed by atoms with Gasteiger partial charge in [0.15, 0.2) is 0 Å². The molecule has 0 saturated carbocycles. The normalized spacial score (nSPS) is 15.1. The lowest BCUT2D eigenvalue weighted by Crippen LogP contribution is -2.57. The predicted octanol–water partition coefficient (Wildman–Crippen LogP) is -5.27. The zero-order chi connectivity index (χ0) is 20.4. The molecule has 13 nitrogen and oxygen atoms in total. The van der Waals surface area contributed by atoms with Crippen LogP contribution in [0.1, 0.15) is 13.3 Å². The van der Waals surface area contributed by atoms with Gasteiger partial charge in [-0.3, -0.25) is 19.2 Å². The number of hydrogen-bond acceptors (Lipinski definition) is 8. The number of aliphatic hydroxyl groups is 2. The fraction of sp³-hybridized carbons (Fsp3) is 0.615. The highest BCUT2D eigenvalue weighted by molar-refractivity contribution is 5.94. The molecular weight excluding hydrogens is 354 g/mol. The van der Waals surface area contributed by atoms with E-state index < -0.39 is 73.4 Å². The Bertz CT molecular complexity index is 553. The monoisotopic (exact) mass is 377 g/mol. The first-order chi connectivity index (χ1) is 12.0. The Morgan fingerprint density at radius 3 is 2.08 bits per heavy atom. The van der Waals surface area contributed by atoms with Gasteiger partial charge < -0.3 is 42.7 Å². The van der Waals surface area contributed by atoms with Gasteiger partial charge >= 0.3 is 5.97 Å². The minimum Gasteiger partial charge on any atom is -0.480 e. The second-order valence-corrected chi connectivity index (χ2v) is 5.36. The Morgan fingerprint density at radius 1 is 1.08 bits per heavy atom. The maximum Gasteiger partial charge on any atom is 0.328 e. The number of aliphatic carboxylic acids is 1. The van der Waals surface area contributed by atoms with Crippen molar-refractivity contribution >= 4 is 29.6 Å². The summed E-state index contributed by atoms with van der Waals surface area (Å²) in [5.41, 5.74) is 10.3. The van der Waals surface area contributed by atoms with Crippen molar-refractivity contribution in [1.82, 2.24) is 16.0 Å². The van der Waals surface area contributed by atoms with Crippen molar-refractivity contribution in [2.75, 3.05) is 13.2 Å². The van der Waals surface area contributed by atoms with Gasteiger partial charge in [0.1, 0.15) is 12.1 Å². The number of rotatable bonds is 11. The number of nitrogens with one attached hydrogen (secondary N) is 3. The SMILES string of the molecule is CC(O)C(NC(=O)C(N)CC(N)=O)C(=O)NCC(=O)NC(CO)C(=O)O. The molecule has 13 heteroatoms. The number of carboxylic acid groups (broad SMARTS) is 1. The average Bonchev–Trinajstić information content (AvgIpc) is 2.53. The molecule has 0 aromatic carbocycles. The molecule has 10 N–H and O–H groups in total. The van der Waals surface area contributed by atoms with Gasteiger partial charge in [0.25, 0.3) is 0 Å². The van der Waals surface area contributed by atoms with Crippen molar-refractivity contribution in [3.8, 4) is 0 Å². The third-order valence-corrected chi connectivity index (χ3v) is 3.06. The second-order valence-electron chi connectivity index (χ2n) is 5.36. The number of carbonyl (C=O) groups is 5. The first-order valence-electron chi connectivity index (χ1n) is 7.42. The lowest BCUT2D eigenvalue weighted by molar-refractivity contribution is -0.142. The first-order valence-corrected chi connectivity index (χ1v) is 7.42. The number of carbonyl (C=O) groups excluding carboxylic acids is 4. The number of carboxylic acids is 1. The molecule has 0 aliphatic rings. The van der Waals surface area contributed by atoms with Crippen LogP contribution in [-0.2, 0) is 24.0 Å². The first kappa shape index (κ1) is 23.2. The maximum absolute atomic E-state index is 12.0. The summed E-state index contributed by atoms with van der Waals surface area (Å²) >= 11 is 0. The molecule has 26 heavy (non-hydrogen) atoms. The van der Waals surface area contributed by atoms with Gasteiger partial charge in [0.05, 0.1) is 31.7 Å². The molecule has 0 aliphatic heterocycles. The van der Waals surface area contributed by atoms with Crippen LogP contribution in [-0.4, -0.2) is 82.3 Å². The Balaban J connectivity index is 4.69. The van der Waals surface area contributed by atoms with Crippen LogP contribution in [0.2, 0.25) is 0 Å². The average molecular weight is 377 g/mol. The van der Waals surface area contributed by atoms with Crippen LogP contribution in [0.5, 0.6) is 0 Å². The fourth-order valence-corrected chi connectivity index (χ4v) is 1.68. The van der Waals surface area contributed by atoms with Gasteiger partial charge in [-0.2, -0.15) is 0 Å². The summed E-state index contributed by atoms with van der Waals surface area (Å²) in [6, 6.07) is -4.36. The largest absolute Gasteiger partial charge is 0.480 e. The molecule has 0 radical (unpaired) electrons. The Hall–Kier alpha value is -2.77. The third-order valence-electron chi connectivity index (χ3n) is 3.06. The zero-order valence-electron chi connectivity index (χ0n) is 14.0. The Labute approximate surface area is 148 Å². The second kappa shape index (κ2) is 11.0. The number of hydrogen-bond donors (Lipinski definition) is 8. The van der Waals surface area contributed by atoms with E-state index in [1.54, 1.807) is 0 Å². The molecule has 4 atom stereocenters. The lowest BCUT2D eigenvalue weighted by atomic mass is 10.1. The molecule has 0 spiro atoms. The van der Waals surface area contributed by atoms with E-state index in [2.05, 4.69) is 10.6 Å². The molecule has 0 heterocycles. The fourth-order valence-electron chi connectivity index (χ4n) is 1.68. The van der Waals surface area contributed by atoms with E-state index in [1.807, 2.05) is 5.32 Å². The molecule has 0 saturated heterocycles. The van der Waals surface area contributed by atoms with E-state index in [1.165, 1.54) is 6.92 Å². The summed E-state index contributed by atoms with van der Waals surface area (Å²) in [4.78, 5) is 56.7. The van der Waals surface area contributed by atoms with Crippen molar-refractivity contribution in [2.24, 2.45) is 11.5 Å². The smallest absolute Gasteiger partial charge is 0.328 e. The van der Waals surface area contributed by atoms with Gasteiger partial charge in [-0.05, 0) is 6.92 Å². The minimum atomic E-state index is -1.54. The number of primary amides is 1. The number of aliphatic hydroxyl groups excluding tert-OH is 2. The maximum atomic E-state index is 12.0. The summed E-state index contributed by atoms with van der Waals surface area (Å²) in [6.45, 7) is -0.329. The third kappa shape index (κ3) is 8.36. The predicted molar refractivity (Wildman–Crippen MR) is 85.1 cm³/mol. The van der Waals surface area contributed by atoms with Crippen molar-refractivity contribution in [1.29, 1.82) is 0 Å². The molecule has 0 aromatic rings. The number of nitrogens with two attached hydrogens (primary N) is 2. The van der Waals surface area contributed by atoms with Crippen LogP contribution < -0.4 is 27.4 Å². The van der Waals surface area contributed by atoms with Crippen LogP contribution >= 0.6 is 0 Å². The van der Waals surface area contributed by atoms with E-state index >= 15 is 0 Å². The van der Waals surface area contributed by atoms with Crippen LogP contribution in [0.25, 0.3) is 0 Å². The Morgan fingerprint density at radius 2 is 1.65 bits per heavy atom. The van der Waals surface area contributed by atoms with E-state index in [0.717, 1.165) is 0 Å². The molecule has 4 unspecified atom stereocenters. The highest BCUT2D eigenvalue weighted by Crippen LogP contribution is 1.96. The minimum absolute atomic E-state index is 0.472. The summed E-state index contributed by atoms with van der Waals surface area (Å²) in [5, 5.41) is 33.2. The topological polar surface area (TPSA) is 234 Å². The molecule has 0 fully saturated rings. The molecule has 0 bridgehead atoms. The van der Waals surface area contributed by atoms with Crippen LogP contribution in [0.3, 0.4) is 0 Å². The summed E-state index contributed by atoms with van der Waals surface area (Å²) in [7, 11) is 0. The molecule has 0 aromatic heterocycles. The van der Waals surface area contributed by atoms with Gasteiger partial charge in [0, 0.05) is 0 Å². The molecular formula is C13H23N5O8. The zero-order valence-corrected chi connectivity index (χ0v) is 14.0. The van der Waals surface area contributed by atoms with E-state index in [4.69, 9.17) is 21.7 Å². The van der Waals surface area contributed by atoms with Gasteiger partial charge in [0.2, 0.25) is 23.6 Å². The van der Waals surface area contributed by atoms with Gasteiger partial charge in [-0.25, -0.2) is 4.79 Å². The molecule has 0 aliphatic carbocycles. The van der Waals surface area contributed by atoms with E-state index in [9.17, 15) is 29.1 Å². The van der Waals surface area contributed by atoms with Crippen LogP contribution in [0, 0.1) is 0 Å². The summed E-state index contributed by atoms with van der Waals surface area (Å²) < 4.78 is 0. The van der Waals surface area contributed by atoms with Crippen molar-refractivity contribution < 1.29 is 39.3 Å². The van der Waals surface area contributed by atoms with E-state index in [-0.39, 0.29) is 0 Å². The highest BCUT2D eigenvalue weighted by Gasteiger charge is 2.28. The van der Waals surface area contributed by atoms with E-state index in [0.29, 0.717) is 0 Å². The number of amides is 4. The molecule has 148 valence electrons. The highest BCUT2D eigenvalue weighted by atomic mass is 16.4. The van der Waals surface area contributed by atoms with Gasteiger partial charge in [-0.1, -0.05) is 0 Å². The quantitative estimate of drug-likeness (QED) is 0.171. The van der Waals surface area contributed by atoms with Crippen LogP contribution in [0.4, 0.5) is 0 Å². The van der Waals surface area contributed by atoms with Crippen LogP contribution in [0.15, 0.2) is 0 Å². The Kier molecular flexibility index (Phi) is 9.80. The molecule has 0 rings (SSSR count). The molecule has 4 amide bonds. The summed E-state index contributed by atoms with van der Waals surface area (Å²) in [5.74, 6) is -5.09. The standard InChI is InChI=1S/C13H23N5O8/c1-5(20)10(18-11(23)6(14)2-8(15)21)12(24)16-3-9(22)17-7(4-19)13(25)26/h5-7,10,19-20H,2-4,14H2,1H3,(H2,15,21)(H,16,24)(H,17,22)(H,18,23)(H,25,26). The van der Waals surface area contributed by atoms with Crippen molar-refractivity contribution in [3.05, 3.63) is 0 Å². The summed E-state index contributed by atoms with van der Waals surface area (Å²) in [6.07, 6.45) is -1.84. The van der Waals surface area contributed by atoms with Gasteiger partial charge in [-0.15, -0.1) is 0 Å². The van der Waals surface area contributed by atoms with Crippen molar-refractivity contribution in [2.45, 2.75) is 37.6 Å². The lowest BCUT2D eigenvalue weighted by Gasteiger charge is -2.22. The van der Waals surface area contributed by atoms with Crippen molar-refractivity contribution in [3.63, 3.8) is 0 Å².